The lowest BCUT2D eigenvalue weighted by atomic mass is 10.0. The fourth-order valence-electron chi connectivity index (χ4n) is 1.78. The molecule has 2 rings (SSSR count). The molecule has 0 amide bonds. The van der Waals surface area contributed by atoms with Crippen molar-refractivity contribution in [2.45, 2.75) is 19.8 Å². The Morgan fingerprint density at radius 1 is 1.07 bits per heavy atom. The molecule has 0 radical (unpaired) electrons. The molecule has 0 heterocycles. The third-order valence-electron chi connectivity index (χ3n) is 2.47. The molecule has 0 aliphatic heterocycles. The second-order valence-corrected chi connectivity index (χ2v) is 3.69. The molecule has 2 aromatic carbocycles. The maximum Gasteiger partial charge on any atom is 0.133 e. The molecule has 0 nitrogen and oxygen atoms in total. The fraction of sp³-hybridized carbons (Fsp3) is 0.231. The summed E-state index contributed by atoms with van der Waals surface area (Å²) in [5.74, 6) is -1.01. The monoisotopic (exact) mass is 206 g/mol. The van der Waals surface area contributed by atoms with E-state index in [1.54, 1.807) is 6.07 Å². The molecule has 0 aromatic heterocycles. The molecule has 0 aliphatic carbocycles. The molecule has 0 saturated heterocycles. The van der Waals surface area contributed by atoms with Gasteiger partial charge in [-0.05, 0) is 23.4 Å². The lowest BCUT2D eigenvalue weighted by Gasteiger charge is -2.03. The standard InChI is InChI=1S/C13H12F2/c1-2-3-9-4-5-12-10(6-9)7-11(14)8-13(12)15/h4-8H,2-3H2,1H3. The summed E-state index contributed by atoms with van der Waals surface area (Å²) in [6.45, 7) is 2.08. The van der Waals surface area contributed by atoms with Crippen LogP contribution >= 0.6 is 0 Å². The summed E-state index contributed by atoms with van der Waals surface area (Å²) in [6, 6.07) is 7.76. The number of benzene rings is 2. The lowest BCUT2D eigenvalue weighted by molar-refractivity contribution is 0.592. The highest BCUT2D eigenvalue weighted by molar-refractivity contribution is 5.83. The van der Waals surface area contributed by atoms with Crippen LogP contribution in [0.25, 0.3) is 10.8 Å². The van der Waals surface area contributed by atoms with Gasteiger partial charge < -0.3 is 0 Å². The average Bonchev–Trinajstić information content (AvgIpc) is 2.17. The van der Waals surface area contributed by atoms with Crippen LogP contribution in [0.5, 0.6) is 0 Å². The summed E-state index contributed by atoms with van der Waals surface area (Å²) < 4.78 is 26.3. The summed E-state index contributed by atoms with van der Waals surface area (Å²) in [5, 5.41) is 1.12. The van der Waals surface area contributed by atoms with Gasteiger partial charge in [-0.25, -0.2) is 8.78 Å². The van der Waals surface area contributed by atoms with Gasteiger partial charge in [-0.1, -0.05) is 31.5 Å². The molecule has 0 atom stereocenters. The van der Waals surface area contributed by atoms with Crippen molar-refractivity contribution < 1.29 is 8.78 Å². The summed E-state index contributed by atoms with van der Waals surface area (Å²) in [4.78, 5) is 0. The lowest BCUT2D eigenvalue weighted by Crippen LogP contribution is -1.87. The van der Waals surface area contributed by atoms with Crippen molar-refractivity contribution in [2.75, 3.05) is 0 Å². The second-order valence-electron chi connectivity index (χ2n) is 3.69. The van der Waals surface area contributed by atoms with Gasteiger partial charge in [0.1, 0.15) is 11.6 Å². The first kappa shape index (κ1) is 10.1. The topological polar surface area (TPSA) is 0 Å². The van der Waals surface area contributed by atoms with Gasteiger partial charge in [0, 0.05) is 11.5 Å². The number of fused-ring (bicyclic) bond motifs is 1. The molecule has 0 N–H and O–H groups in total. The van der Waals surface area contributed by atoms with Gasteiger partial charge in [-0.15, -0.1) is 0 Å². The largest absolute Gasteiger partial charge is 0.207 e. The van der Waals surface area contributed by atoms with Crippen LogP contribution in [0.15, 0.2) is 30.3 Å². The first-order valence-corrected chi connectivity index (χ1v) is 5.08. The quantitative estimate of drug-likeness (QED) is 0.694. The minimum Gasteiger partial charge on any atom is -0.207 e. The number of hydrogen-bond donors (Lipinski definition) is 0. The van der Waals surface area contributed by atoms with E-state index in [1.165, 1.54) is 6.07 Å². The normalized spacial score (nSPS) is 10.9. The molecule has 0 aliphatic rings. The summed E-state index contributed by atoms with van der Waals surface area (Å²) in [6.07, 6.45) is 1.97. The molecule has 78 valence electrons. The first-order chi connectivity index (χ1) is 7.20. The molecule has 0 bridgehead atoms. The van der Waals surface area contributed by atoms with E-state index >= 15 is 0 Å². The van der Waals surface area contributed by atoms with Crippen molar-refractivity contribution in [3.63, 3.8) is 0 Å². The molecule has 15 heavy (non-hydrogen) atoms. The van der Waals surface area contributed by atoms with Gasteiger partial charge in [0.15, 0.2) is 0 Å². The van der Waals surface area contributed by atoms with Crippen LogP contribution in [-0.2, 0) is 6.42 Å². The van der Waals surface area contributed by atoms with Crippen molar-refractivity contribution in [1.29, 1.82) is 0 Å². The Balaban J connectivity index is 2.60. The summed E-state index contributed by atoms with van der Waals surface area (Å²) >= 11 is 0. The minimum atomic E-state index is -0.520. The van der Waals surface area contributed by atoms with E-state index < -0.39 is 11.6 Å². The van der Waals surface area contributed by atoms with Crippen LogP contribution in [0.4, 0.5) is 8.78 Å². The van der Waals surface area contributed by atoms with E-state index in [-0.39, 0.29) is 0 Å². The van der Waals surface area contributed by atoms with Crippen LogP contribution < -0.4 is 0 Å². The molecular formula is C13H12F2. The van der Waals surface area contributed by atoms with Crippen LogP contribution in [0.1, 0.15) is 18.9 Å². The van der Waals surface area contributed by atoms with E-state index in [0.29, 0.717) is 10.8 Å². The van der Waals surface area contributed by atoms with Crippen molar-refractivity contribution in [3.8, 4) is 0 Å². The SMILES string of the molecule is CCCc1ccc2c(F)cc(F)cc2c1. The van der Waals surface area contributed by atoms with Gasteiger partial charge in [0.25, 0.3) is 0 Å². The predicted octanol–water partition coefficient (Wildman–Crippen LogP) is 4.07. The van der Waals surface area contributed by atoms with Crippen LogP contribution in [0.3, 0.4) is 0 Å². The van der Waals surface area contributed by atoms with Crippen LogP contribution in [0, 0.1) is 11.6 Å². The Labute approximate surface area is 87.5 Å². The molecule has 2 heteroatoms. The van der Waals surface area contributed by atoms with Crippen molar-refractivity contribution in [1.82, 2.24) is 0 Å². The van der Waals surface area contributed by atoms with Gasteiger partial charge in [0.05, 0.1) is 0 Å². The second kappa shape index (κ2) is 3.97. The Bertz CT molecular complexity index is 489. The van der Waals surface area contributed by atoms with Crippen LogP contribution in [-0.4, -0.2) is 0 Å². The Morgan fingerprint density at radius 3 is 2.60 bits per heavy atom. The van der Waals surface area contributed by atoms with Crippen molar-refractivity contribution in [2.24, 2.45) is 0 Å². The van der Waals surface area contributed by atoms with E-state index in [2.05, 4.69) is 6.92 Å². The zero-order chi connectivity index (χ0) is 10.8. The fourth-order valence-corrected chi connectivity index (χ4v) is 1.78. The zero-order valence-electron chi connectivity index (χ0n) is 8.56. The van der Waals surface area contributed by atoms with Crippen molar-refractivity contribution >= 4 is 10.8 Å². The highest BCUT2D eigenvalue weighted by Crippen LogP contribution is 2.21. The average molecular weight is 206 g/mol. The predicted molar refractivity (Wildman–Crippen MR) is 57.9 cm³/mol. The third-order valence-corrected chi connectivity index (χ3v) is 2.47. The highest BCUT2D eigenvalue weighted by atomic mass is 19.1. The van der Waals surface area contributed by atoms with E-state index in [0.717, 1.165) is 24.5 Å². The Kier molecular flexibility index (Phi) is 2.67. The van der Waals surface area contributed by atoms with E-state index in [1.807, 2.05) is 12.1 Å². The third kappa shape index (κ3) is 1.99. The molecule has 2 aromatic rings. The summed E-state index contributed by atoms with van der Waals surface area (Å²) in [7, 11) is 0. The maximum atomic E-state index is 13.3. The minimum absolute atomic E-state index is 0.483. The number of aryl methyl sites for hydroxylation is 1. The van der Waals surface area contributed by atoms with E-state index in [4.69, 9.17) is 0 Å². The van der Waals surface area contributed by atoms with Gasteiger partial charge in [-0.3, -0.25) is 0 Å². The first-order valence-electron chi connectivity index (χ1n) is 5.08. The van der Waals surface area contributed by atoms with Crippen LogP contribution in [0.2, 0.25) is 0 Å². The Morgan fingerprint density at radius 2 is 1.87 bits per heavy atom. The Hall–Kier alpha value is -1.44. The summed E-state index contributed by atoms with van der Waals surface area (Å²) in [5.41, 5.74) is 1.12. The van der Waals surface area contributed by atoms with E-state index in [9.17, 15) is 8.78 Å². The number of rotatable bonds is 2. The molecular weight excluding hydrogens is 194 g/mol. The number of hydrogen-bond acceptors (Lipinski definition) is 0. The van der Waals surface area contributed by atoms with Gasteiger partial charge in [-0.2, -0.15) is 0 Å². The zero-order valence-corrected chi connectivity index (χ0v) is 8.56. The maximum absolute atomic E-state index is 13.3. The molecule has 0 unspecified atom stereocenters. The van der Waals surface area contributed by atoms with Gasteiger partial charge in [0.2, 0.25) is 0 Å². The van der Waals surface area contributed by atoms with Gasteiger partial charge >= 0.3 is 0 Å². The highest BCUT2D eigenvalue weighted by Gasteiger charge is 2.04. The molecule has 0 saturated carbocycles. The molecule has 0 spiro atoms. The van der Waals surface area contributed by atoms with Crippen molar-refractivity contribution in [3.05, 3.63) is 47.5 Å². The smallest absolute Gasteiger partial charge is 0.133 e. The number of halogens is 2. The molecule has 0 fully saturated rings.